The summed E-state index contributed by atoms with van der Waals surface area (Å²) in [6.07, 6.45) is 0. The molecule has 39 heavy (non-hydrogen) atoms. The lowest BCUT2D eigenvalue weighted by atomic mass is 10.1. The molecule has 3 aromatic carbocycles. The maximum atomic E-state index is 13.7. The zero-order valence-electron chi connectivity index (χ0n) is 20.8. The molecule has 0 saturated carbocycles. The van der Waals surface area contributed by atoms with Crippen LogP contribution in [0.25, 0.3) is 16.9 Å². The Balaban J connectivity index is 1.22. The van der Waals surface area contributed by atoms with Crippen LogP contribution in [0.15, 0.2) is 72.8 Å². The summed E-state index contributed by atoms with van der Waals surface area (Å²) >= 11 is 0. The molecule has 0 unspecified atom stereocenters. The van der Waals surface area contributed by atoms with Gasteiger partial charge in [0.25, 0.3) is 11.6 Å². The van der Waals surface area contributed by atoms with Gasteiger partial charge in [-0.25, -0.2) is 9.07 Å². The molecule has 2 aliphatic heterocycles. The molecule has 10 nitrogen and oxygen atoms in total. The van der Waals surface area contributed by atoms with Gasteiger partial charge in [-0.2, -0.15) is 5.10 Å². The largest absolute Gasteiger partial charge is 0.454 e. The number of ether oxygens (including phenoxy) is 2. The molecule has 0 spiro atoms. The Morgan fingerprint density at radius 3 is 2.36 bits per heavy atom. The molecular formula is C28H24FN5O5. The van der Waals surface area contributed by atoms with E-state index in [1.165, 1.54) is 28.9 Å². The molecule has 0 aliphatic carbocycles. The van der Waals surface area contributed by atoms with E-state index in [-0.39, 0.29) is 24.2 Å². The third-order valence-corrected chi connectivity index (χ3v) is 6.88. The number of halogens is 1. The fourth-order valence-electron chi connectivity index (χ4n) is 4.78. The molecule has 2 aliphatic rings. The average Bonchev–Trinajstić information content (AvgIpc) is 3.61. The Kier molecular flexibility index (Phi) is 6.41. The van der Waals surface area contributed by atoms with Crippen molar-refractivity contribution in [3.05, 3.63) is 100.0 Å². The van der Waals surface area contributed by atoms with Crippen molar-refractivity contribution < 1.29 is 23.6 Å². The number of rotatable bonds is 6. The van der Waals surface area contributed by atoms with E-state index in [0.717, 1.165) is 23.6 Å². The molecule has 0 atom stereocenters. The van der Waals surface area contributed by atoms with Crippen LogP contribution in [-0.4, -0.2) is 63.4 Å². The van der Waals surface area contributed by atoms with Crippen molar-refractivity contribution in [2.45, 2.75) is 6.54 Å². The minimum absolute atomic E-state index is 0.0591. The van der Waals surface area contributed by atoms with E-state index in [0.29, 0.717) is 48.8 Å². The second-order valence-corrected chi connectivity index (χ2v) is 9.36. The van der Waals surface area contributed by atoms with Gasteiger partial charge in [0.15, 0.2) is 11.5 Å². The van der Waals surface area contributed by atoms with Crippen LogP contribution in [-0.2, 0) is 6.54 Å². The third-order valence-electron chi connectivity index (χ3n) is 6.88. The molecule has 4 aromatic rings. The molecule has 0 N–H and O–H groups in total. The standard InChI is InChI=1S/C28H24FN5O5/c29-21-4-2-20(3-5-21)24-16-25(33(30-24)22-6-8-23(9-7-22)34(36)37)28(35)32-13-11-31(12-14-32)17-19-1-10-26-27(15-19)39-18-38-26/h1-10,15-16H,11-14,17-18H2. The second-order valence-electron chi connectivity index (χ2n) is 9.36. The second kappa shape index (κ2) is 10.2. The van der Waals surface area contributed by atoms with Gasteiger partial charge in [0.1, 0.15) is 11.5 Å². The Hall–Kier alpha value is -4.77. The van der Waals surface area contributed by atoms with Gasteiger partial charge in [-0.3, -0.25) is 19.8 Å². The van der Waals surface area contributed by atoms with Crippen molar-refractivity contribution in [1.82, 2.24) is 19.6 Å². The number of nitro groups is 1. The molecule has 1 fully saturated rings. The highest BCUT2D eigenvalue weighted by molar-refractivity contribution is 5.94. The van der Waals surface area contributed by atoms with Crippen LogP contribution < -0.4 is 9.47 Å². The minimum atomic E-state index is -0.480. The Bertz CT molecular complexity index is 1530. The number of hydrogen-bond donors (Lipinski definition) is 0. The topological polar surface area (TPSA) is 103 Å². The first-order valence-electron chi connectivity index (χ1n) is 12.5. The first-order valence-corrected chi connectivity index (χ1v) is 12.5. The molecule has 1 saturated heterocycles. The molecule has 1 aromatic heterocycles. The van der Waals surface area contributed by atoms with Gasteiger partial charge < -0.3 is 14.4 Å². The van der Waals surface area contributed by atoms with Crippen molar-refractivity contribution >= 4 is 11.6 Å². The molecule has 198 valence electrons. The third kappa shape index (κ3) is 5.04. The molecule has 0 radical (unpaired) electrons. The van der Waals surface area contributed by atoms with E-state index >= 15 is 0 Å². The van der Waals surface area contributed by atoms with E-state index in [1.54, 1.807) is 35.2 Å². The van der Waals surface area contributed by atoms with Crippen LogP contribution >= 0.6 is 0 Å². The van der Waals surface area contributed by atoms with Crippen LogP contribution in [0.4, 0.5) is 10.1 Å². The normalized spacial score (nSPS) is 14.9. The summed E-state index contributed by atoms with van der Waals surface area (Å²) in [5.74, 6) is 0.928. The van der Waals surface area contributed by atoms with Crippen molar-refractivity contribution in [3.8, 4) is 28.4 Å². The minimum Gasteiger partial charge on any atom is -0.454 e. The number of amides is 1. The number of benzene rings is 3. The number of aromatic nitrogens is 2. The summed E-state index contributed by atoms with van der Waals surface area (Å²) in [6.45, 7) is 3.40. The highest BCUT2D eigenvalue weighted by atomic mass is 19.1. The molecular weight excluding hydrogens is 505 g/mol. The van der Waals surface area contributed by atoms with E-state index in [4.69, 9.17) is 9.47 Å². The van der Waals surface area contributed by atoms with Crippen molar-refractivity contribution in [1.29, 1.82) is 0 Å². The fourth-order valence-corrected chi connectivity index (χ4v) is 4.78. The predicted molar refractivity (Wildman–Crippen MR) is 139 cm³/mol. The van der Waals surface area contributed by atoms with Gasteiger partial charge in [0.05, 0.1) is 16.3 Å². The van der Waals surface area contributed by atoms with Gasteiger partial charge in [-0.05, 0) is 60.2 Å². The first kappa shape index (κ1) is 24.6. The zero-order valence-corrected chi connectivity index (χ0v) is 20.8. The van der Waals surface area contributed by atoms with Crippen LogP contribution in [0, 0.1) is 15.9 Å². The number of fused-ring (bicyclic) bond motifs is 1. The lowest BCUT2D eigenvalue weighted by molar-refractivity contribution is -0.384. The Labute approximate surface area is 222 Å². The first-order chi connectivity index (χ1) is 18.9. The lowest BCUT2D eigenvalue weighted by Gasteiger charge is -2.34. The molecule has 0 bridgehead atoms. The fraction of sp³-hybridized carbons (Fsp3) is 0.214. The summed E-state index contributed by atoms with van der Waals surface area (Å²) in [5, 5.41) is 15.7. The van der Waals surface area contributed by atoms with Crippen molar-refractivity contribution in [2.24, 2.45) is 0 Å². The SMILES string of the molecule is O=C(c1cc(-c2ccc(F)cc2)nn1-c1ccc([N+](=O)[O-])cc1)N1CCN(Cc2ccc3c(c2)OCO3)CC1. The van der Waals surface area contributed by atoms with Crippen molar-refractivity contribution in [2.75, 3.05) is 33.0 Å². The Morgan fingerprint density at radius 1 is 0.923 bits per heavy atom. The quantitative estimate of drug-likeness (QED) is 0.271. The molecule has 1 amide bonds. The highest BCUT2D eigenvalue weighted by Crippen LogP contribution is 2.33. The van der Waals surface area contributed by atoms with Crippen LogP contribution in [0.1, 0.15) is 16.1 Å². The Morgan fingerprint density at radius 2 is 1.64 bits per heavy atom. The van der Waals surface area contributed by atoms with E-state index < -0.39 is 4.92 Å². The summed E-state index contributed by atoms with van der Waals surface area (Å²) in [4.78, 5) is 28.4. The number of carbonyl (C=O) groups is 1. The lowest BCUT2D eigenvalue weighted by Crippen LogP contribution is -2.48. The monoisotopic (exact) mass is 529 g/mol. The van der Waals surface area contributed by atoms with Crippen molar-refractivity contribution in [3.63, 3.8) is 0 Å². The van der Waals surface area contributed by atoms with E-state index in [2.05, 4.69) is 10.00 Å². The number of nitro benzene ring substituents is 1. The van der Waals surface area contributed by atoms with Gasteiger partial charge in [0, 0.05) is 50.4 Å². The van der Waals surface area contributed by atoms with Gasteiger partial charge in [0.2, 0.25) is 6.79 Å². The maximum absolute atomic E-state index is 13.7. The molecule has 6 rings (SSSR count). The summed E-state index contributed by atoms with van der Waals surface area (Å²) < 4.78 is 25.8. The number of non-ortho nitro benzene ring substituents is 1. The van der Waals surface area contributed by atoms with Crippen LogP contribution in [0.5, 0.6) is 11.5 Å². The average molecular weight is 530 g/mol. The number of carbonyl (C=O) groups excluding carboxylic acids is 1. The predicted octanol–water partition coefficient (Wildman–Crippen LogP) is 4.27. The molecule has 3 heterocycles. The van der Waals surface area contributed by atoms with Crippen LogP contribution in [0.3, 0.4) is 0 Å². The van der Waals surface area contributed by atoms with E-state index in [1.807, 2.05) is 18.2 Å². The van der Waals surface area contributed by atoms with Gasteiger partial charge in [-0.1, -0.05) is 6.07 Å². The smallest absolute Gasteiger partial charge is 0.272 e. The number of piperazine rings is 1. The number of nitrogens with zero attached hydrogens (tertiary/aromatic N) is 5. The molecule has 11 heteroatoms. The van der Waals surface area contributed by atoms with Gasteiger partial charge >= 0.3 is 0 Å². The number of hydrogen-bond acceptors (Lipinski definition) is 7. The van der Waals surface area contributed by atoms with Crippen LogP contribution in [0.2, 0.25) is 0 Å². The summed E-state index contributed by atoms with van der Waals surface area (Å²) in [6, 6.07) is 19.3. The summed E-state index contributed by atoms with van der Waals surface area (Å²) in [5.41, 5.74) is 3.04. The summed E-state index contributed by atoms with van der Waals surface area (Å²) in [7, 11) is 0. The highest BCUT2D eigenvalue weighted by Gasteiger charge is 2.27. The van der Waals surface area contributed by atoms with Gasteiger partial charge in [-0.15, -0.1) is 0 Å². The maximum Gasteiger partial charge on any atom is 0.272 e. The zero-order chi connectivity index (χ0) is 26.9. The van der Waals surface area contributed by atoms with E-state index in [9.17, 15) is 19.3 Å².